The van der Waals surface area contributed by atoms with Crippen LogP contribution < -0.4 is 5.32 Å². The lowest BCUT2D eigenvalue weighted by molar-refractivity contribution is -0.132. The van der Waals surface area contributed by atoms with Crippen LogP contribution in [0, 0.1) is 0 Å². The van der Waals surface area contributed by atoms with Gasteiger partial charge in [0, 0.05) is 33.7 Å². The van der Waals surface area contributed by atoms with E-state index in [0.29, 0.717) is 13.1 Å². The summed E-state index contributed by atoms with van der Waals surface area (Å²) in [6, 6.07) is -0.125. The monoisotopic (exact) mass is 291 g/mol. The quantitative estimate of drug-likeness (QED) is 0.776. The molecular formula is C10H18BrN3O2. The van der Waals surface area contributed by atoms with E-state index in [1.807, 2.05) is 0 Å². The molecule has 92 valence electrons. The van der Waals surface area contributed by atoms with Crippen molar-refractivity contribution in [2.24, 2.45) is 0 Å². The molecule has 1 rings (SSSR count). The first-order valence-electron chi connectivity index (χ1n) is 5.40. The van der Waals surface area contributed by atoms with Crippen molar-refractivity contribution in [3.8, 4) is 0 Å². The third-order valence-electron chi connectivity index (χ3n) is 2.53. The Morgan fingerprint density at radius 2 is 2.31 bits per heavy atom. The van der Waals surface area contributed by atoms with E-state index in [0.717, 1.165) is 19.4 Å². The van der Waals surface area contributed by atoms with Gasteiger partial charge in [0.2, 0.25) is 5.91 Å². The maximum atomic E-state index is 11.7. The highest BCUT2D eigenvalue weighted by Gasteiger charge is 2.25. The van der Waals surface area contributed by atoms with Crippen LogP contribution in [0.1, 0.15) is 12.8 Å². The van der Waals surface area contributed by atoms with E-state index < -0.39 is 0 Å². The summed E-state index contributed by atoms with van der Waals surface area (Å²) in [5, 5.41) is 2.74. The van der Waals surface area contributed by atoms with Crippen molar-refractivity contribution in [3.63, 3.8) is 0 Å². The number of amides is 3. The summed E-state index contributed by atoms with van der Waals surface area (Å²) in [5.41, 5.74) is 0. The van der Waals surface area contributed by atoms with Crippen molar-refractivity contribution in [1.29, 1.82) is 0 Å². The van der Waals surface area contributed by atoms with Crippen LogP contribution in [-0.2, 0) is 4.79 Å². The van der Waals surface area contributed by atoms with E-state index >= 15 is 0 Å². The van der Waals surface area contributed by atoms with Crippen molar-refractivity contribution in [2.75, 3.05) is 33.7 Å². The number of rotatable bonds is 3. The lowest BCUT2D eigenvalue weighted by atomic mass is 10.1. The number of hydrogen-bond acceptors (Lipinski definition) is 2. The third kappa shape index (κ3) is 3.66. The second kappa shape index (κ2) is 6.08. The van der Waals surface area contributed by atoms with Crippen LogP contribution >= 0.6 is 15.9 Å². The van der Waals surface area contributed by atoms with E-state index in [9.17, 15) is 9.59 Å². The van der Waals surface area contributed by atoms with Crippen LogP contribution in [0.3, 0.4) is 0 Å². The average molecular weight is 292 g/mol. The molecule has 16 heavy (non-hydrogen) atoms. The number of alkyl halides is 1. The van der Waals surface area contributed by atoms with Crippen LogP contribution in [-0.4, -0.2) is 60.3 Å². The Morgan fingerprint density at radius 1 is 1.62 bits per heavy atom. The molecule has 5 nitrogen and oxygen atoms in total. The molecule has 1 aliphatic heterocycles. The molecule has 1 unspecified atom stereocenters. The normalized spacial score (nSPS) is 20.8. The summed E-state index contributed by atoms with van der Waals surface area (Å²) in [6.45, 7) is 1.88. The minimum Gasteiger partial charge on any atom is -0.340 e. The number of likely N-dealkylation sites (tertiary alicyclic amines) is 1. The van der Waals surface area contributed by atoms with Crippen molar-refractivity contribution in [3.05, 3.63) is 0 Å². The van der Waals surface area contributed by atoms with Crippen molar-refractivity contribution < 1.29 is 9.59 Å². The summed E-state index contributed by atoms with van der Waals surface area (Å²) in [4.78, 5) is 26.1. The predicted molar refractivity (Wildman–Crippen MR) is 65.6 cm³/mol. The van der Waals surface area contributed by atoms with Crippen molar-refractivity contribution in [1.82, 2.24) is 15.1 Å². The molecule has 0 aliphatic carbocycles. The zero-order valence-electron chi connectivity index (χ0n) is 9.70. The average Bonchev–Trinajstić information content (AvgIpc) is 2.24. The number of hydrogen-bond donors (Lipinski definition) is 1. The molecule has 0 radical (unpaired) electrons. The molecule has 1 saturated heterocycles. The number of carbonyl (C=O) groups excluding carboxylic acids is 2. The maximum Gasteiger partial charge on any atom is 0.316 e. The predicted octanol–water partition coefficient (Wildman–Crippen LogP) is 0.643. The van der Waals surface area contributed by atoms with Gasteiger partial charge in [-0.1, -0.05) is 15.9 Å². The van der Waals surface area contributed by atoms with Gasteiger partial charge in [-0.05, 0) is 12.8 Å². The summed E-state index contributed by atoms with van der Waals surface area (Å²) in [6.07, 6.45) is 1.92. The molecule has 1 heterocycles. The second-order valence-corrected chi connectivity index (χ2v) is 5.17. The lowest BCUT2D eigenvalue weighted by Crippen LogP contribution is -2.46. The van der Waals surface area contributed by atoms with Crippen LogP contribution in [0.5, 0.6) is 0 Å². The smallest absolute Gasteiger partial charge is 0.316 e. The second-order valence-electron chi connectivity index (χ2n) is 4.06. The van der Waals surface area contributed by atoms with Gasteiger partial charge in [0.15, 0.2) is 0 Å². The van der Waals surface area contributed by atoms with Gasteiger partial charge >= 0.3 is 6.03 Å². The van der Waals surface area contributed by atoms with Crippen molar-refractivity contribution in [2.45, 2.75) is 17.7 Å². The number of piperidine rings is 1. The summed E-state index contributed by atoms with van der Waals surface area (Å²) >= 11 is 3.35. The highest BCUT2D eigenvalue weighted by Crippen LogP contribution is 2.17. The van der Waals surface area contributed by atoms with Gasteiger partial charge in [0.05, 0.1) is 4.83 Å². The minimum absolute atomic E-state index is 0.0502. The van der Waals surface area contributed by atoms with E-state index in [-0.39, 0.29) is 16.8 Å². The van der Waals surface area contributed by atoms with E-state index in [2.05, 4.69) is 21.2 Å². The van der Waals surface area contributed by atoms with Crippen LogP contribution in [0.25, 0.3) is 0 Å². The van der Waals surface area contributed by atoms with Gasteiger partial charge in [-0.25, -0.2) is 4.79 Å². The van der Waals surface area contributed by atoms with Gasteiger partial charge in [0.25, 0.3) is 0 Å². The van der Waals surface area contributed by atoms with Gasteiger partial charge in [0.1, 0.15) is 0 Å². The van der Waals surface area contributed by atoms with Crippen molar-refractivity contribution >= 4 is 27.9 Å². The number of nitrogens with zero attached hydrogens (tertiary/aromatic N) is 2. The Kier molecular flexibility index (Phi) is 5.05. The Bertz CT molecular complexity index is 271. The van der Waals surface area contributed by atoms with Gasteiger partial charge in [-0.2, -0.15) is 0 Å². The topological polar surface area (TPSA) is 52.7 Å². The fourth-order valence-electron chi connectivity index (χ4n) is 1.57. The molecule has 0 bridgehead atoms. The fourth-order valence-corrected chi connectivity index (χ4v) is 2.18. The Morgan fingerprint density at radius 3 is 2.94 bits per heavy atom. The standard InChI is InChI=1S/C10H18BrN3O2/c1-13(2)10(16)12-5-7-14-6-3-4-8(11)9(14)15/h8H,3-7H2,1-2H3,(H,12,16). The van der Waals surface area contributed by atoms with Crippen LogP contribution in [0.2, 0.25) is 0 Å². The van der Waals surface area contributed by atoms with Gasteiger partial charge < -0.3 is 15.1 Å². The Labute approximate surface area is 104 Å². The first-order chi connectivity index (χ1) is 7.52. The molecule has 1 fully saturated rings. The van der Waals surface area contributed by atoms with Gasteiger partial charge in [-0.15, -0.1) is 0 Å². The number of halogens is 1. The molecule has 6 heteroatoms. The molecular weight excluding hydrogens is 274 g/mol. The zero-order chi connectivity index (χ0) is 12.1. The molecule has 0 saturated carbocycles. The largest absolute Gasteiger partial charge is 0.340 e. The number of carbonyl (C=O) groups is 2. The fraction of sp³-hybridized carbons (Fsp3) is 0.800. The third-order valence-corrected chi connectivity index (χ3v) is 3.38. The SMILES string of the molecule is CN(C)C(=O)NCCN1CCCC(Br)C1=O. The van der Waals surface area contributed by atoms with Gasteiger partial charge in [-0.3, -0.25) is 4.79 Å². The van der Waals surface area contributed by atoms with Crippen LogP contribution in [0.4, 0.5) is 4.79 Å². The summed E-state index contributed by atoms with van der Waals surface area (Å²) in [7, 11) is 3.38. The Hall–Kier alpha value is -0.780. The first kappa shape index (κ1) is 13.3. The number of urea groups is 1. The van der Waals surface area contributed by atoms with E-state index in [4.69, 9.17) is 0 Å². The molecule has 1 atom stereocenters. The van der Waals surface area contributed by atoms with E-state index in [1.165, 1.54) is 4.90 Å². The Balaban J connectivity index is 2.27. The number of nitrogens with one attached hydrogen (secondary N) is 1. The lowest BCUT2D eigenvalue weighted by Gasteiger charge is -2.29. The summed E-state index contributed by atoms with van der Waals surface area (Å²) in [5.74, 6) is 0.130. The first-order valence-corrected chi connectivity index (χ1v) is 6.32. The highest BCUT2D eigenvalue weighted by atomic mass is 79.9. The molecule has 0 spiro atoms. The minimum atomic E-state index is -0.125. The summed E-state index contributed by atoms with van der Waals surface area (Å²) < 4.78 is 0. The molecule has 1 N–H and O–H groups in total. The molecule has 0 aromatic rings. The highest BCUT2D eigenvalue weighted by molar-refractivity contribution is 9.10. The molecule has 0 aromatic heterocycles. The maximum absolute atomic E-state index is 11.7. The molecule has 3 amide bonds. The molecule has 1 aliphatic rings. The zero-order valence-corrected chi connectivity index (χ0v) is 11.3. The van der Waals surface area contributed by atoms with E-state index in [1.54, 1.807) is 19.0 Å². The molecule has 0 aromatic carbocycles. The van der Waals surface area contributed by atoms with Crippen LogP contribution in [0.15, 0.2) is 0 Å².